The maximum Gasteiger partial charge on any atom is 0.160 e. The number of phenols is 1. The minimum atomic E-state index is 0.184. The van der Waals surface area contributed by atoms with Crippen LogP contribution < -0.4 is 10.1 Å². The summed E-state index contributed by atoms with van der Waals surface area (Å²) in [5.74, 6) is 0.709. The number of thioether (sulfide) groups is 1. The first-order valence-corrected chi connectivity index (χ1v) is 6.55. The summed E-state index contributed by atoms with van der Waals surface area (Å²) in [4.78, 5) is 0. The zero-order valence-corrected chi connectivity index (χ0v) is 10.8. The van der Waals surface area contributed by atoms with E-state index in [0.29, 0.717) is 11.0 Å². The molecule has 16 heavy (non-hydrogen) atoms. The number of hydrogen-bond acceptors (Lipinski definition) is 4. The Labute approximate surface area is 101 Å². The highest BCUT2D eigenvalue weighted by atomic mass is 32.2. The smallest absolute Gasteiger partial charge is 0.160 e. The van der Waals surface area contributed by atoms with Crippen LogP contribution in [0.1, 0.15) is 12.5 Å². The van der Waals surface area contributed by atoms with Gasteiger partial charge in [-0.05, 0) is 24.0 Å². The van der Waals surface area contributed by atoms with Gasteiger partial charge in [-0.25, -0.2) is 0 Å². The van der Waals surface area contributed by atoms with Gasteiger partial charge in [0, 0.05) is 18.3 Å². The fourth-order valence-electron chi connectivity index (χ4n) is 1.34. The minimum Gasteiger partial charge on any atom is -0.504 e. The average molecular weight is 241 g/mol. The lowest BCUT2D eigenvalue weighted by atomic mass is 10.2. The van der Waals surface area contributed by atoms with E-state index in [4.69, 9.17) is 4.74 Å². The molecule has 3 nitrogen and oxygen atoms in total. The van der Waals surface area contributed by atoms with E-state index < -0.39 is 0 Å². The zero-order chi connectivity index (χ0) is 12.0. The number of hydrogen-bond donors (Lipinski definition) is 2. The lowest BCUT2D eigenvalue weighted by Gasteiger charge is -2.11. The van der Waals surface area contributed by atoms with Crippen LogP contribution in [-0.2, 0) is 6.54 Å². The molecule has 4 heteroatoms. The van der Waals surface area contributed by atoms with Gasteiger partial charge in [-0.1, -0.05) is 13.0 Å². The highest BCUT2D eigenvalue weighted by Crippen LogP contribution is 2.26. The number of benzene rings is 1. The van der Waals surface area contributed by atoms with Crippen LogP contribution in [0, 0.1) is 0 Å². The van der Waals surface area contributed by atoms with Crippen LogP contribution in [0.5, 0.6) is 11.5 Å². The van der Waals surface area contributed by atoms with Crippen molar-refractivity contribution in [2.45, 2.75) is 18.7 Å². The van der Waals surface area contributed by atoms with E-state index in [9.17, 15) is 5.11 Å². The normalized spacial score (nSPS) is 12.4. The van der Waals surface area contributed by atoms with Gasteiger partial charge in [0.05, 0.1) is 7.11 Å². The minimum absolute atomic E-state index is 0.184. The van der Waals surface area contributed by atoms with Crippen LogP contribution in [0.2, 0.25) is 0 Å². The third-order valence-corrected chi connectivity index (χ3v) is 3.38. The third kappa shape index (κ3) is 3.94. The van der Waals surface area contributed by atoms with Crippen molar-refractivity contribution in [3.05, 3.63) is 23.8 Å². The topological polar surface area (TPSA) is 41.5 Å². The first kappa shape index (κ1) is 13.2. The molecule has 1 aromatic rings. The Morgan fingerprint density at radius 1 is 1.50 bits per heavy atom. The van der Waals surface area contributed by atoms with Crippen LogP contribution in [0.15, 0.2) is 18.2 Å². The van der Waals surface area contributed by atoms with E-state index in [2.05, 4.69) is 18.5 Å². The standard InChI is InChI=1S/C12H19NO2S/c1-9(16-3)7-13-8-10-4-5-11(14)12(6-10)15-2/h4-6,9,13-14H,7-8H2,1-3H3. The monoisotopic (exact) mass is 241 g/mol. The van der Waals surface area contributed by atoms with Crippen LogP contribution >= 0.6 is 11.8 Å². The molecule has 2 N–H and O–H groups in total. The van der Waals surface area contributed by atoms with Crippen molar-refractivity contribution in [1.82, 2.24) is 5.32 Å². The van der Waals surface area contributed by atoms with E-state index >= 15 is 0 Å². The first-order chi connectivity index (χ1) is 7.67. The van der Waals surface area contributed by atoms with Gasteiger partial charge < -0.3 is 15.2 Å². The van der Waals surface area contributed by atoms with Gasteiger partial charge in [-0.3, -0.25) is 0 Å². The predicted octanol–water partition coefficient (Wildman–Crippen LogP) is 2.24. The Hall–Kier alpha value is -0.870. The molecule has 0 heterocycles. The second-order valence-electron chi connectivity index (χ2n) is 3.68. The van der Waals surface area contributed by atoms with Crippen molar-refractivity contribution in [1.29, 1.82) is 0 Å². The Morgan fingerprint density at radius 3 is 2.88 bits per heavy atom. The second kappa shape index (κ2) is 6.66. The molecule has 1 unspecified atom stereocenters. The van der Waals surface area contributed by atoms with Crippen molar-refractivity contribution in [3.63, 3.8) is 0 Å². The van der Waals surface area contributed by atoms with Gasteiger partial charge in [0.2, 0.25) is 0 Å². The molecule has 0 aliphatic heterocycles. The number of ether oxygens (including phenoxy) is 1. The largest absolute Gasteiger partial charge is 0.504 e. The summed E-state index contributed by atoms with van der Waals surface area (Å²) < 4.78 is 5.05. The Morgan fingerprint density at radius 2 is 2.25 bits per heavy atom. The third-order valence-electron chi connectivity index (χ3n) is 2.41. The summed E-state index contributed by atoms with van der Waals surface area (Å²) >= 11 is 1.84. The fraction of sp³-hybridized carbons (Fsp3) is 0.500. The Kier molecular flexibility index (Phi) is 5.49. The van der Waals surface area contributed by atoms with Gasteiger partial charge in [-0.15, -0.1) is 0 Å². The molecule has 0 spiro atoms. The number of nitrogens with one attached hydrogen (secondary N) is 1. The molecule has 0 saturated heterocycles. The first-order valence-electron chi connectivity index (χ1n) is 5.26. The van der Waals surface area contributed by atoms with Crippen LogP contribution in [-0.4, -0.2) is 30.3 Å². The lowest BCUT2D eigenvalue weighted by Crippen LogP contribution is -2.21. The quantitative estimate of drug-likeness (QED) is 0.801. The maximum atomic E-state index is 9.44. The van der Waals surface area contributed by atoms with E-state index in [1.807, 2.05) is 23.9 Å². The summed E-state index contributed by atoms with van der Waals surface area (Å²) in [6.45, 7) is 3.96. The molecular formula is C12H19NO2S. The van der Waals surface area contributed by atoms with Crippen molar-refractivity contribution in [2.75, 3.05) is 19.9 Å². The van der Waals surface area contributed by atoms with Crippen molar-refractivity contribution in [3.8, 4) is 11.5 Å². The number of rotatable bonds is 6. The molecular weight excluding hydrogens is 222 g/mol. The highest BCUT2D eigenvalue weighted by Gasteiger charge is 2.03. The van der Waals surface area contributed by atoms with Crippen LogP contribution in [0.3, 0.4) is 0 Å². The molecule has 0 aliphatic rings. The van der Waals surface area contributed by atoms with Gasteiger partial charge in [0.1, 0.15) is 0 Å². The summed E-state index contributed by atoms with van der Waals surface area (Å²) in [5, 5.41) is 13.4. The molecule has 0 amide bonds. The summed E-state index contributed by atoms with van der Waals surface area (Å²) in [6, 6.07) is 5.41. The molecule has 0 radical (unpaired) electrons. The molecule has 1 rings (SSSR count). The molecule has 1 aromatic carbocycles. The van der Waals surface area contributed by atoms with Gasteiger partial charge in [0.25, 0.3) is 0 Å². The van der Waals surface area contributed by atoms with E-state index in [1.54, 1.807) is 13.2 Å². The molecule has 0 fully saturated rings. The fourth-order valence-corrected chi connectivity index (χ4v) is 1.62. The predicted molar refractivity (Wildman–Crippen MR) is 69.3 cm³/mol. The van der Waals surface area contributed by atoms with Crippen molar-refractivity contribution >= 4 is 11.8 Å². The van der Waals surface area contributed by atoms with E-state index in [0.717, 1.165) is 18.7 Å². The van der Waals surface area contributed by atoms with Crippen molar-refractivity contribution < 1.29 is 9.84 Å². The summed E-state index contributed by atoms with van der Waals surface area (Å²) in [5.41, 5.74) is 1.11. The Bertz CT molecular complexity index is 331. The maximum absolute atomic E-state index is 9.44. The lowest BCUT2D eigenvalue weighted by molar-refractivity contribution is 0.373. The highest BCUT2D eigenvalue weighted by molar-refractivity contribution is 7.99. The average Bonchev–Trinajstić information content (AvgIpc) is 2.31. The van der Waals surface area contributed by atoms with Crippen LogP contribution in [0.25, 0.3) is 0 Å². The molecule has 0 aliphatic carbocycles. The summed E-state index contributed by atoms with van der Waals surface area (Å²) in [7, 11) is 1.56. The number of methoxy groups -OCH3 is 1. The number of aromatic hydroxyl groups is 1. The Balaban J connectivity index is 2.48. The zero-order valence-electron chi connectivity index (χ0n) is 9.99. The van der Waals surface area contributed by atoms with Gasteiger partial charge in [-0.2, -0.15) is 11.8 Å². The molecule has 0 bridgehead atoms. The van der Waals surface area contributed by atoms with Crippen molar-refractivity contribution in [2.24, 2.45) is 0 Å². The second-order valence-corrected chi connectivity index (χ2v) is 4.96. The number of phenolic OH excluding ortho intramolecular Hbond substituents is 1. The summed E-state index contributed by atoms with van der Waals surface area (Å²) in [6.07, 6.45) is 2.11. The van der Waals surface area contributed by atoms with E-state index in [-0.39, 0.29) is 5.75 Å². The molecule has 90 valence electrons. The molecule has 1 atom stereocenters. The molecule has 0 saturated carbocycles. The van der Waals surface area contributed by atoms with E-state index in [1.165, 1.54) is 0 Å². The SMILES string of the molecule is COc1cc(CNCC(C)SC)ccc1O. The van der Waals surface area contributed by atoms with Gasteiger partial charge in [0.15, 0.2) is 11.5 Å². The molecule has 0 aromatic heterocycles. The van der Waals surface area contributed by atoms with Gasteiger partial charge >= 0.3 is 0 Å². The van der Waals surface area contributed by atoms with Crippen LogP contribution in [0.4, 0.5) is 0 Å².